The molecule has 0 radical (unpaired) electrons. The molecule has 6 nitrogen and oxygen atoms in total. The van der Waals surface area contributed by atoms with E-state index >= 15 is 0 Å². The van der Waals surface area contributed by atoms with Gasteiger partial charge in [0.2, 0.25) is 0 Å². The Morgan fingerprint density at radius 3 is 2.65 bits per heavy atom. The van der Waals surface area contributed by atoms with Crippen LogP contribution in [0.2, 0.25) is 0 Å². The van der Waals surface area contributed by atoms with Crippen molar-refractivity contribution in [2.45, 2.75) is 32.4 Å². The third-order valence-electron chi connectivity index (χ3n) is 5.49. The highest BCUT2D eigenvalue weighted by atomic mass is 19.1. The molecule has 1 fully saturated rings. The number of fused-ring (bicyclic) bond motifs is 2. The minimum absolute atomic E-state index is 0.0124. The van der Waals surface area contributed by atoms with E-state index in [1.165, 1.54) is 14.0 Å². The van der Waals surface area contributed by atoms with Gasteiger partial charge in [0.15, 0.2) is 17.4 Å². The zero-order valence-electron chi connectivity index (χ0n) is 15.3. The Labute approximate surface area is 150 Å². The first-order chi connectivity index (χ1) is 12.3. The van der Waals surface area contributed by atoms with Gasteiger partial charge in [-0.1, -0.05) is 0 Å². The summed E-state index contributed by atoms with van der Waals surface area (Å²) < 4.78 is 36.6. The van der Waals surface area contributed by atoms with Crippen LogP contribution in [0.15, 0.2) is 4.79 Å². The minimum atomic E-state index is -0.744. The summed E-state index contributed by atoms with van der Waals surface area (Å²) in [5.74, 6) is -1.16. The molecule has 0 N–H and O–H groups in total. The van der Waals surface area contributed by atoms with E-state index in [1.807, 2.05) is 18.9 Å². The lowest BCUT2D eigenvalue weighted by Gasteiger charge is -2.46. The Kier molecular flexibility index (Phi) is 3.91. The van der Waals surface area contributed by atoms with E-state index in [1.54, 1.807) is 0 Å². The van der Waals surface area contributed by atoms with Crippen LogP contribution in [0.4, 0.5) is 14.6 Å². The molecule has 0 aliphatic carbocycles. The highest BCUT2D eigenvalue weighted by Gasteiger charge is 2.37. The second-order valence-electron chi connectivity index (χ2n) is 7.35. The fourth-order valence-electron chi connectivity index (χ4n) is 4.26. The van der Waals surface area contributed by atoms with Crippen LogP contribution in [0.25, 0.3) is 10.9 Å². The van der Waals surface area contributed by atoms with Crippen molar-refractivity contribution in [3.8, 4) is 5.75 Å². The summed E-state index contributed by atoms with van der Waals surface area (Å²) in [6.07, 6.45) is 0.669. The number of piperazine rings is 1. The number of halogens is 2. The average molecular weight is 364 g/mol. The normalized spacial score (nSPS) is 23.4. The molecule has 2 aliphatic rings. The number of aryl methyl sites for hydroxylation is 1. The van der Waals surface area contributed by atoms with Gasteiger partial charge in [-0.25, -0.2) is 13.6 Å². The average Bonchev–Trinajstić information content (AvgIpc) is 2.56. The lowest BCUT2D eigenvalue weighted by Crippen LogP contribution is -2.58. The predicted molar refractivity (Wildman–Crippen MR) is 95.0 cm³/mol. The van der Waals surface area contributed by atoms with Crippen molar-refractivity contribution in [3.63, 3.8) is 0 Å². The van der Waals surface area contributed by atoms with Crippen LogP contribution in [0.1, 0.15) is 18.9 Å². The molecule has 26 heavy (non-hydrogen) atoms. The fraction of sp³-hybridized carbons (Fsp3) is 0.556. The lowest BCUT2D eigenvalue weighted by atomic mass is 10.0. The van der Waals surface area contributed by atoms with Crippen molar-refractivity contribution >= 4 is 16.7 Å². The van der Waals surface area contributed by atoms with E-state index in [2.05, 4.69) is 9.88 Å². The van der Waals surface area contributed by atoms with Crippen molar-refractivity contribution in [1.29, 1.82) is 0 Å². The molecule has 4 rings (SSSR count). The van der Waals surface area contributed by atoms with Crippen LogP contribution in [-0.2, 0) is 7.05 Å². The van der Waals surface area contributed by atoms with Gasteiger partial charge in [-0.05, 0) is 20.9 Å². The van der Waals surface area contributed by atoms with Crippen LogP contribution in [-0.4, -0.2) is 53.3 Å². The van der Waals surface area contributed by atoms with E-state index in [0.29, 0.717) is 18.8 Å². The van der Waals surface area contributed by atoms with E-state index in [0.717, 1.165) is 17.7 Å². The molecule has 0 bridgehead atoms. The van der Waals surface area contributed by atoms with Gasteiger partial charge in [-0.2, -0.15) is 4.98 Å². The Morgan fingerprint density at radius 2 is 1.92 bits per heavy atom. The quantitative estimate of drug-likeness (QED) is 0.714. The number of benzene rings is 1. The molecule has 8 heteroatoms. The first-order valence-electron chi connectivity index (χ1n) is 8.79. The van der Waals surface area contributed by atoms with Crippen LogP contribution < -0.4 is 15.3 Å². The molecule has 1 aromatic heterocycles. The molecule has 0 spiro atoms. The summed E-state index contributed by atoms with van der Waals surface area (Å²) in [4.78, 5) is 20.9. The Bertz CT molecular complexity index is 959. The molecule has 0 amide bonds. The van der Waals surface area contributed by atoms with Gasteiger partial charge in [0.25, 0.3) is 0 Å². The van der Waals surface area contributed by atoms with Gasteiger partial charge in [0, 0.05) is 44.2 Å². The third-order valence-corrected chi connectivity index (χ3v) is 5.49. The van der Waals surface area contributed by atoms with Crippen molar-refractivity contribution in [2.75, 3.05) is 31.6 Å². The second kappa shape index (κ2) is 5.90. The molecule has 0 saturated carbocycles. The van der Waals surface area contributed by atoms with Crippen LogP contribution in [0, 0.1) is 18.6 Å². The first kappa shape index (κ1) is 17.2. The molecule has 3 heterocycles. The van der Waals surface area contributed by atoms with E-state index in [-0.39, 0.29) is 34.3 Å². The molecular formula is C18H22F2N4O2. The summed E-state index contributed by atoms with van der Waals surface area (Å²) in [6.45, 7) is 5.27. The number of likely N-dealkylation sites (N-methyl/N-ethyl adjacent to an activating group) is 1. The first-order valence-corrected chi connectivity index (χ1v) is 8.79. The molecule has 2 unspecified atom stereocenters. The number of rotatable bonds is 0. The molecule has 1 saturated heterocycles. The maximum Gasteiger partial charge on any atom is 0.349 e. The molecule has 140 valence electrons. The minimum Gasteiger partial charge on any atom is -0.490 e. The van der Waals surface area contributed by atoms with Gasteiger partial charge in [-0.15, -0.1) is 0 Å². The Hall–Kier alpha value is -2.22. The zero-order chi connectivity index (χ0) is 18.7. The van der Waals surface area contributed by atoms with E-state index in [9.17, 15) is 13.6 Å². The SMILES string of the molecule is Cc1c(F)c2c3c(nc(=O)n(C)c3c1F)N1C(C)CN(C)CC1CCO2. The number of anilines is 1. The number of hydrogen-bond acceptors (Lipinski definition) is 5. The zero-order valence-corrected chi connectivity index (χ0v) is 15.3. The maximum absolute atomic E-state index is 14.9. The van der Waals surface area contributed by atoms with Crippen molar-refractivity contribution in [2.24, 2.45) is 7.05 Å². The van der Waals surface area contributed by atoms with Gasteiger partial charge in [0.05, 0.1) is 17.5 Å². The highest BCUT2D eigenvalue weighted by Crippen LogP contribution is 2.41. The van der Waals surface area contributed by atoms with E-state index < -0.39 is 17.3 Å². The molecular weight excluding hydrogens is 342 g/mol. The van der Waals surface area contributed by atoms with Crippen molar-refractivity contribution in [3.05, 3.63) is 27.7 Å². The van der Waals surface area contributed by atoms with Gasteiger partial charge in [-0.3, -0.25) is 4.57 Å². The van der Waals surface area contributed by atoms with Crippen LogP contribution >= 0.6 is 0 Å². The molecule has 2 atom stereocenters. The molecule has 2 aromatic rings. The van der Waals surface area contributed by atoms with Gasteiger partial charge in [0.1, 0.15) is 5.82 Å². The maximum atomic E-state index is 14.9. The standard InChI is InChI=1S/C18H22F2N4O2/c1-9-7-22(3)8-11-5-6-26-16-12-15(13(19)10(2)14(16)20)23(4)18(25)21-17(12)24(9)11/h9,11H,5-8H2,1-4H3. The number of nitrogens with zero attached hydrogens (tertiary/aromatic N) is 4. The number of hydrogen-bond donors (Lipinski definition) is 0. The van der Waals surface area contributed by atoms with Crippen molar-refractivity contribution < 1.29 is 13.5 Å². The fourth-order valence-corrected chi connectivity index (χ4v) is 4.26. The monoisotopic (exact) mass is 364 g/mol. The largest absolute Gasteiger partial charge is 0.490 e. The van der Waals surface area contributed by atoms with Crippen LogP contribution in [0.3, 0.4) is 0 Å². The Morgan fingerprint density at radius 1 is 1.19 bits per heavy atom. The summed E-state index contributed by atoms with van der Waals surface area (Å²) in [5, 5.41) is 0.244. The predicted octanol–water partition coefficient (Wildman–Crippen LogP) is 1.81. The molecule has 2 aliphatic heterocycles. The van der Waals surface area contributed by atoms with Crippen LogP contribution in [0.5, 0.6) is 5.75 Å². The number of aromatic nitrogens is 2. The summed E-state index contributed by atoms with van der Waals surface area (Å²) >= 11 is 0. The topological polar surface area (TPSA) is 50.6 Å². The van der Waals surface area contributed by atoms with Crippen molar-refractivity contribution in [1.82, 2.24) is 14.5 Å². The third kappa shape index (κ3) is 2.31. The van der Waals surface area contributed by atoms with Gasteiger partial charge >= 0.3 is 5.69 Å². The summed E-state index contributed by atoms with van der Waals surface area (Å²) in [7, 11) is 3.49. The van der Waals surface area contributed by atoms with Gasteiger partial charge < -0.3 is 14.5 Å². The lowest BCUT2D eigenvalue weighted by molar-refractivity contribution is 0.199. The summed E-state index contributed by atoms with van der Waals surface area (Å²) in [5.41, 5.74) is -0.669. The highest BCUT2D eigenvalue weighted by molar-refractivity contribution is 5.96. The summed E-state index contributed by atoms with van der Waals surface area (Å²) in [6, 6.07) is 0.118. The second-order valence-corrected chi connectivity index (χ2v) is 7.35. The molecule has 1 aromatic carbocycles. The smallest absolute Gasteiger partial charge is 0.349 e. The number of ether oxygens (including phenoxy) is 1. The van der Waals surface area contributed by atoms with E-state index in [4.69, 9.17) is 4.74 Å². The Balaban J connectivity index is 2.12.